The second-order valence-electron chi connectivity index (χ2n) is 7.13. The Hall–Kier alpha value is -2.54. The molecule has 0 spiro atoms. The minimum Gasteiger partial charge on any atom is -0.485 e. The SMILES string of the molecule is CCOC(=O)c1c(NC(=O)[C@@H]2COc3ccccc3O2)sc2c1CC[C@H](C)C2. The summed E-state index contributed by atoms with van der Waals surface area (Å²) in [6.45, 7) is 4.40. The topological polar surface area (TPSA) is 73.9 Å². The normalized spacial score (nSPS) is 20.2. The molecule has 7 heteroatoms. The molecule has 0 bridgehead atoms. The largest absolute Gasteiger partial charge is 0.485 e. The van der Waals surface area contributed by atoms with E-state index in [1.165, 1.54) is 11.3 Å². The van der Waals surface area contributed by atoms with Gasteiger partial charge >= 0.3 is 5.97 Å². The van der Waals surface area contributed by atoms with E-state index >= 15 is 0 Å². The first-order valence-corrected chi connectivity index (χ1v) is 10.4. The van der Waals surface area contributed by atoms with Crippen molar-refractivity contribution in [2.45, 2.75) is 39.2 Å². The molecule has 2 aromatic rings. The zero-order valence-corrected chi connectivity index (χ0v) is 16.8. The van der Waals surface area contributed by atoms with Gasteiger partial charge in [0.2, 0.25) is 6.10 Å². The number of para-hydroxylation sites is 2. The number of fused-ring (bicyclic) bond motifs is 2. The van der Waals surface area contributed by atoms with E-state index in [9.17, 15) is 9.59 Å². The van der Waals surface area contributed by atoms with E-state index < -0.39 is 6.10 Å². The highest BCUT2D eigenvalue weighted by Crippen LogP contribution is 2.40. The molecule has 1 aromatic heterocycles. The smallest absolute Gasteiger partial charge is 0.341 e. The molecule has 28 heavy (non-hydrogen) atoms. The third kappa shape index (κ3) is 3.58. The molecule has 6 nitrogen and oxygen atoms in total. The number of amides is 1. The summed E-state index contributed by atoms with van der Waals surface area (Å²) in [5.41, 5.74) is 1.52. The highest BCUT2D eigenvalue weighted by Gasteiger charge is 2.32. The highest BCUT2D eigenvalue weighted by atomic mass is 32.1. The van der Waals surface area contributed by atoms with Gasteiger partial charge in [-0.1, -0.05) is 19.1 Å². The summed E-state index contributed by atoms with van der Waals surface area (Å²) in [6.07, 6.45) is 1.99. The Balaban J connectivity index is 1.57. The maximum absolute atomic E-state index is 12.8. The fourth-order valence-corrected chi connectivity index (χ4v) is 5.00. The number of hydrogen-bond acceptors (Lipinski definition) is 6. The van der Waals surface area contributed by atoms with Gasteiger partial charge in [0.05, 0.1) is 12.2 Å². The molecule has 0 fully saturated rings. The molecule has 4 rings (SSSR count). The number of benzene rings is 1. The van der Waals surface area contributed by atoms with Crippen LogP contribution in [0.4, 0.5) is 5.00 Å². The first kappa shape index (κ1) is 18.8. The van der Waals surface area contributed by atoms with Gasteiger partial charge in [0.25, 0.3) is 5.91 Å². The van der Waals surface area contributed by atoms with Gasteiger partial charge in [0.1, 0.15) is 11.6 Å². The van der Waals surface area contributed by atoms with Crippen molar-refractivity contribution in [3.05, 3.63) is 40.3 Å². The van der Waals surface area contributed by atoms with Gasteiger partial charge in [-0.25, -0.2) is 4.79 Å². The summed E-state index contributed by atoms with van der Waals surface area (Å²) in [5, 5.41) is 3.44. The van der Waals surface area contributed by atoms with E-state index in [1.807, 2.05) is 12.1 Å². The minimum absolute atomic E-state index is 0.125. The third-order valence-electron chi connectivity index (χ3n) is 5.03. The van der Waals surface area contributed by atoms with Crippen LogP contribution in [0.2, 0.25) is 0 Å². The quantitative estimate of drug-likeness (QED) is 0.789. The molecule has 0 saturated carbocycles. The van der Waals surface area contributed by atoms with Crippen LogP contribution in [0.1, 0.15) is 41.1 Å². The number of hydrogen-bond donors (Lipinski definition) is 1. The molecule has 0 unspecified atom stereocenters. The maximum atomic E-state index is 12.8. The maximum Gasteiger partial charge on any atom is 0.341 e. The number of carbonyl (C=O) groups excluding carboxylic acids is 2. The van der Waals surface area contributed by atoms with Gasteiger partial charge < -0.3 is 19.5 Å². The zero-order valence-electron chi connectivity index (χ0n) is 15.9. The summed E-state index contributed by atoms with van der Waals surface area (Å²) in [4.78, 5) is 26.6. The predicted molar refractivity (Wildman–Crippen MR) is 106 cm³/mol. The Morgan fingerprint density at radius 1 is 1.29 bits per heavy atom. The molecule has 1 N–H and O–H groups in total. The first-order valence-electron chi connectivity index (χ1n) is 9.57. The molecule has 2 aliphatic rings. The molecular formula is C21H23NO5S. The minimum atomic E-state index is -0.775. The van der Waals surface area contributed by atoms with Crippen LogP contribution < -0.4 is 14.8 Å². The summed E-state index contributed by atoms with van der Waals surface area (Å²) in [7, 11) is 0. The van der Waals surface area contributed by atoms with Crippen LogP contribution in [0.3, 0.4) is 0 Å². The van der Waals surface area contributed by atoms with Crippen LogP contribution in [-0.4, -0.2) is 31.2 Å². The fraction of sp³-hybridized carbons (Fsp3) is 0.429. The zero-order chi connectivity index (χ0) is 19.7. The Labute approximate surface area is 167 Å². The van der Waals surface area contributed by atoms with Crippen molar-refractivity contribution in [1.82, 2.24) is 0 Å². The van der Waals surface area contributed by atoms with E-state index in [1.54, 1.807) is 19.1 Å². The lowest BCUT2D eigenvalue weighted by molar-refractivity contribution is -0.125. The fourth-order valence-electron chi connectivity index (χ4n) is 3.60. The van der Waals surface area contributed by atoms with E-state index in [0.29, 0.717) is 34.6 Å². The Bertz CT molecular complexity index is 906. The average molecular weight is 401 g/mol. The number of thiophene rings is 1. The highest BCUT2D eigenvalue weighted by molar-refractivity contribution is 7.17. The molecule has 1 aliphatic heterocycles. The number of nitrogens with one attached hydrogen (secondary N) is 1. The Morgan fingerprint density at radius 3 is 2.86 bits per heavy atom. The Morgan fingerprint density at radius 2 is 2.07 bits per heavy atom. The average Bonchev–Trinajstić information content (AvgIpc) is 3.04. The summed E-state index contributed by atoms with van der Waals surface area (Å²) in [6, 6.07) is 7.25. The number of ether oxygens (including phenoxy) is 3. The van der Waals surface area contributed by atoms with Gasteiger partial charge in [-0.15, -0.1) is 11.3 Å². The van der Waals surface area contributed by atoms with Crippen molar-refractivity contribution in [1.29, 1.82) is 0 Å². The van der Waals surface area contributed by atoms with E-state index in [4.69, 9.17) is 14.2 Å². The van der Waals surface area contributed by atoms with Crippen molar-refractivity contribution in [3.63, 3.8) is 0 Å². The van der Waals surface area contributed by atoms with Gasteiger partial charge in [0.15, 0.2) is 11.5 Å². The van der Waals surface area contributed by atoms with E-state index in [2.05, 4.69) is 12.2 Å². The first-order chi connectivity index (χ1) is 13.6. The number of carbonyl (C=O) groups is 2. The van der Waals surface area contributed by atoms with Crippen molar-refractivity contribution in [2.24, 2.45) is 5.92 Å². The molecule has 1 aliphatic carbocycles. The van der Waals surface area contributed by atoms with Crippen LogP contribution >= 0.6 is 11.3 Å². The molecule has 1 amide bonds. The third-order valence-corrected chi connectivity index (χ3v) is 6.20. The lowest BCUT2D eigenvalue weighted by Gasteiger charge is -2.25. The lowest BCUT2D eigenvalue weighted by Crippen LogP contribution is -2.40. The lowest BCUT2D eigenvalue weighted by atomic mass is 9.88. The summed E-state index contributed by atoms with van der Waals surface area (Å²) < 4.78 is 16.7. The van der Waals surface area contributed by atoms with Crippen molar-refractivity contribution < 1.29 is 23.8 Å². The Kier molecular flexibility index (Phi) is 5.26. The molecule has 148 valence electrons. The van der Waals surface area contributed by atoms with E-state index in [0.717, 1.165) is 29.7 Å². The monoisotopic (exact) mass is 401 g/mol. The van der Waals surface area contributed by atoms with Gasteiger partial charge in [-0.2, -0.15) is 0 Å². The second kappa shape index (κ2) is 7.83. The van der Waals surface area contributed by atoms with Gasteiger partial charge in [-0.3, -0.25) is 4.79 Å². The van der Waals surface area contributed by atoms with Crippen molar-refractivity contribution in [3.8, 4) is 11.5 Å². The van der Waals surface area contributed by atoms with Gasteiger partial charge in [-0.05, 0) is 49.8 Å². The summed E-state index contributed by atoms with van der Waals surface area (Å²) in [5.74, 6) is 1.03. The number of anilines is 1. The number of esters is 1. The molecular weight excluding hydrogens is 378 g/mol. The molecule has 1 aromatic carbocycles. The van der Waals surface area contributed by atoms with Gasteiger partial charge in [0, 0.05) is 4.88 Å². The van der Waals surface area contributed by atoms with Crippen LogP contribution in [0, 0.1) is 5.92 Å². The molecule has 0 radical (unpaired) electrons. The van der Waals surface area contributed by atoms with Crippen molar-refractivity contribution in [2.75, 3.05) is 18.5 Å². The standard InChI is InChI=1S/C21H23NO5S/c1-3-25-21(24)18-13-9-8-12(2)10-17(13)28-20(18)22-19(23)16-11-26-14-6-4-5-7-15(14)27-16/h4-7,12,16H,3,8-11H2,1-2H3,(H,22,23)/t12-,16-/m0/s1. The summed E-state index contributed by atoms with van der Waals surface area (Å²) >= 11 is 1.47. The second-order valence-corrected chi connectivity index (χ2v) is 8.24. The van der Waals surface area contributed by atoms with Crippen LogP contribution in [-0.2, 0) is 22.4 Å². The van der Waals surface area contributed by atoms with Crippen LogP contribution in [0.5, 0.6) is 11.5 Å². The molecule has 2 heterocycles. The number of rotatable bonds is 4. The predicted octanol–water partition coefficient (Wildman–Crippen LogP) is 3.83. The van der Waals surface area contributed by atoms with Crippen LogP contribution in [0.15, 0.2) is 24.3 Å². The van der Waals surface area contributed by atoms with Crippen LogP contribution in [0.25, 0.3) is 0 Å². The molecule has 2 atom stereocenters. The van der Waals surface area contributed by atoms with Crippen molar-refractivity contribution >= 4 is 28.2 Å². The molecule has 0 saturated heterocycles. The van der Waals surface area contributed by atoms with E-state index in [-0.39, 0.29) is 18.5 Å².